The molecular formula is C21H22N2O3S. The van der Waals surface area contributed by atoms with Gasteiger partial charge in [-0.3, -0.25) is 4.79 Å². The quantitative estimate of drug-likeness (QED) is 0.412. The van der Waals surface area contributed by atoms with E-state index in [0.29, 0.717) is 19.4 Å². The number of thiazole rings is 1. The van der Waals surface area contributed by atoms with Crippen LogP contribution in [0.1, 0.15) is 24.1 Å². The molecule has 1 N–H and O–H groups in total. The van der Waals surface area contributed by atoms with E-state index in [9.17, 15) is 4.79 Å². The number of esters is 1. The molecule has 3 aromatic rings. The van der Waals surface area contributed by atoms with Crippen LogP contribution in [0.15, 0.2) is 60.0 Å². The molecule has 5 nitrogen and oxygen atoms in total. The summed E-state index contributed by atoms with van der Waals surface area (Å²) in [6.45, 7) is 2.72. The zero-order valence-corrected chi connectivity index (χ0v) is 16.0. The zero-order chi connectivity index (χ0) is 18.9. The number of carbonyl (C=O) groups is 1. The molecule has 0 fully saturated rings. The van der Waals surface area contributed by atoms with Crippen LogP contribution in [0.3, 0.4) is 0 Å². The van der Waals surface area contributed by atoms with Crippen molar-refractivity contribution in [2.24, 2.45) is 0 Å². The Bertz CT molecular complexity index is 847. The first-order valence-electron chi connectivity index (χ1n) is 8.80. The summed E-state index contributed by atoms with van der Waals surface area (Å²) in [5.74, 6) is 0.564. The van der Waals surface area contributed by atoms with Gasteiger partial charge in [0.15, 0.2) is 5.13 Å². The van der Waals surface area contributed by atoms with Crippen molar-refractivity contribution < 1.29 is 14.3 Å². The molecular weight excluding hydrogens is 360 g/mol. The van der Waals surface area contributed by atoms with Gasteiger partial charge in [-0.05, 0) is 37.6 Å². The van der Waals surface area contributed by atoms with Crippen LogP contribution in [0, 0.1) is 6.92 Å². The third-order valence-electron chi connectivity index (χ3n) is 3.77. The van der Waals surface area contributed by atoms with Gasteiger partial charge >= 0.3 is 5.97 Å². The maximum Gasteiger partial charge on any atom is 0.306 e. The molecule has 6 heteroatoms. The normalized spacial score (nSPS) is 10.4. The molecule has 1 aromatic heterocycles. The van der Waals surface area contributed by atoms with Gasteiger partial charge in [0.1, 0.15) is 12.4 Å². The molecule has 0 aliphatic carbocycles. The number of hydrogen-bond donors (Lipinski definition) is 1. The van der Waals surface area contributed by atoms with Crippen molar-refractivity contribution in [1.82, 2.24) is 4.98 Å². The molecule has 1 heterocycles. The number of nitrogens with one attached hydrogen (secondary N) is 1. The first-order chi connectivity index (χ1) is 13.2. The lowest BCUT2D eigenvalue weighted by Gasteiger charge is -2.06. The molecule has 0 saturated heterocycles. The maximum absolute atomic E-state index is 11.8. The molecule has 0 radical (unpaired) electrons. The van der Waals surface area contributed by atoms with E-state index < -0.39 is 0 Å². The van der Waals surface area contributed by atoms with Crippen LogP contribution < -0.4 is 10.1 Å². The fraction of sp³-hybridized carbons (Fsp3) is 0.238. The van der Waals surface area contributed by atoms with Gasteiger partial charge in [0.25, 0.3) is 0 Å². The van der Waals surface area contributed by atoms with Crippen molar-refractivity contribution in [3.05, 3.63) is 71.2 Å². The first-order valence-corrected chi connectivity index (χ1v) is 9.68. The van der Waals surface area contributed by atoms with Gasteiger partial charge in [-0.1, -0.05) is 35.9 Å². The molecule has 2 aromatic carbocycles. The number of hydrogen-bond acceptors (Lipinski definition) is 6. The number of aromatic nitrogens is 1. The summed E-state index contributed by atoms with van der Waals surface area (Å²) >= 11 is 1.49. The van der Waals surface area contributed by atoms with Gasteiger partial charge in [0, 0.05) is 17.5 Å². The Kier molecular flexibility index (Phi) is 6.82. The Labute approximate surface area is 163 Å². The van der Waals surface area contributed by atoms with Crippen molar-refractivity contribution >= 4 is 28.1 Å². The van der Waals surface area contributed by atoms with Crippen molar-refractivity contribution in [3.8, 4) is 5.75 Å². The molecule has 3 rings (SSSR count). The predicted molar refractivity (Wildman–Crippen MR) is 108 cm³/mol. The molecule has 0 aliphatic heterocycles. The number of rotatable bonds is 9. The lowest BCUT2D eigenvalue weighted by molar-refractivity contribution is -0.145. The Morgan fingerprint density at radius 3 is 2.67 bits per heavy atom. The van der Waals surface area contributed by atoms with E-state index in [2.05, 4.69) is 10.3 Å². The summed E-state index contributed by atoms with van der Waals surface area (Å²) in [6, 6.07) is 17.6. The minimum atomic E-state index is -0.243. The number of nitrogens with zero attached hydrogens (tertiary/aromatic N) is 1. The summed E-state index contributed by atoms with van der Waals surface area (Å²) in [7, 11) is 0. The molecule has 0 spiro atoms. The maximum atomic E-state index is 11.8. The fourth-order valence-corrected chi connectivity index (χ4v) is 3.06. The van der Waals surface area contributed by atoms with Crippen LogP contribution in [0.25, 0.3) is 0 Å². The van der Waals surface area contributed by atoms with Crippen molar-refractivity contribution in [3.63, 3.8) is 0 Å². The summed E-state index contributed by atoms with van der Waals surface area (Å²) in [6.07, 6.45) is 0.941. The molecule has 0 unspecified atom stereocenters. The lowest BCUT2D eigenvalue weighted by atomic mass is 10.2. The van der Waals surface area contributed by atoms with Crippen LogP contribution in [0.4, 0.5) is 10.8 Å². The molecule has 27 heavy (non-hydrogen) atoms. The second kappa shape index (κ2) is 9.73. The fourth-order valence-electron chi connectivity index (χ4n) is 2.34. The van der Waals surface area contributed by atoms with E-state index in [0.717, 1.165) is 22.3 Å². The smallest absolute Gasteiger partial charge is 0.306 e. The molecule has 0 atom stereocenters. The summed E-state index contributed by atoms with van der Waals surface area (Å²) in [4.78, 5) is 16.3. The highest BCUT2D eigenvalue weighted by Gasteiger charge is 2.07. The van der Waals surface area contributed by atoms with Gasteiger partial charge in [-0.2, -0.15) is 0 Å². The highest BCUT2D eigenvalue weighted by atomic mass is 32.1. The molecule has 0 saturated carbocycles. The van der Waals surface area contributed by atoms with E-state index >= 15 is 0 Å². The minimum Gasteiger partial charge on any atom is -0.494 e. The molecule has 140 valence electrons. The molecule has 0 bridgehead atoms. The van der Waals surface area contributed by atoms with Crippen LogP contribution in [-0.4, -0.2) is 17.6 Å². The second-order valence-electron chi connectivity index (χ2n) is 6.06. The van der Waals surface area contributed by atoms with Crippen molar-refractivity contribution in [2.45, 2.75) is 26.4 Å². The highest BCUT2D eigenvalue weighted by Crippen LogP contribution is 2.21. The third kappa shape index (κ3) is 6.42. The topological polar surface area (TPSA) is 60.5 Å². The SMILES string of the molecule is Cc1ccc(Nc2nc(COC(=O)CCCOc3ccccc3)cs2)cc1. The van der Waals surface area contributed by atoms with Gasteiger partial charge in [-0.25, -0.2) is 4.98 Å². The average Bonchev–Trinajstić information content (AvgIpc) is 3.14. The monoisotopic (exact) mass is 382 g/mol. The predicted octanol–water partition coefficient (Wildman–Crippen LogP) is 5.10. The van der Waals surface area contributed by atoms with Gasteiger partial charge in [0.2, 0.25) is 0 Å². The van der Waals surface area contributed by atoms with E-state index in [4.69, 9.17) is 9.47 Å². The zero-order valence-electron chi connectivity index (χ0n) is 15.2. The Morgan fingerprint density at radius 2 is 1.89 bits per heavy atom. The van der Waals surface area contributed by atoms with E-state index in [-0.39, 0.29) is 12.6 Å². The second-order valence-corrected chi connectivity index (χ2v) is 6.92. The summed E-state index contributed by atoms with van der Waals surface area (Å²) in [5, 5.41) is 5.92. The number of anilines is 2. The number of ether oxygens (including phenoxy) is 2. The number of benzene rings is 2. The third-order valence-corrected chi connectivity index (χ3v) is 4.58. The van der Waals surface area contributed by atoms with Gasteiger partial charge < -0.3 is 14.8 Å². The lowest BCUT2D eigenvalue weighted by Crippen LogP contribution is -2.07. The van der Waals surface area contributed by atoms with Crippen LogP contribution in [-0.2, 0) is 16.1 Å². The van der Waals surface area contributed by atoms with Crippen LogP contribution in [0.2, 0.25) is 0 Å². The van der Waals surface area contributed by atoms with E-state index in [1.165, 1.54) is 16.9 Å². The Hall–Kier alpha value is -2.86. The average molecular weight is 382 g/mol. The van der Waals surface area contributed by atoms with E-state index in [1.54, 1.807) is 0 Å². The van der Waals surface area contributed by atoms with Crippen LogP contribution >= 0.6 is 11.3 Å². The summed E-state index contributed by atoms with van der Waals surface area (Å²) < 4.78 is 10.8. The van der Waals surface area contributed by atoms with Gasteiger partial charge in [0.05, 0.1) is 12.3 Å². The molecule has 0 amide bonds. The number of aryl methyl sites for hydroxylation is 1. The van der Waals surface area contributed by atoms with Crippen molar-refractivity contribution in [1.29, 1.82) is 0 Å². The van der Waals surface area contributed by atoms with E-state index in [1.807, 2.05) is 66.9 Å². The Morgan fingerprint density at radius 1 is 1.11 bits per heavy atom. The highest BCUT2D eigenvalue weighted by molar-refractivity contribution is 7.13. The number of carbonyl (C=O) groups excluding carboxylic acids is 1. The number of para-hydroxylation sites is 1. The molecule has 0 aliphatic rings. The summed E-state index contributed by atoms with van der Waals surface area (Å²) in [5.41, 5.74) is 2.93. The first kappa shape index (κ1) is 18.9. The Balaban J connectivity index is 1.35. The minimum absolute atomic E-state index is 0.185. The van der Waals surface area contributed by atoms with Crippen molar-refractivity contribution in [2.75, 3.05) is 11.9 Å². The van der Waals surface area contributed by atoms with Gasteiger partial charge in [-0.15, -0.1) is 11.3 Å². The van der Waals surface area contributed by atoms with Crippen LogP contribution in [0.5, 0.6) is 5.75 Å². The largest absolute Gasteiger partial charge is 0.494 e. The standard InChI is InChI=1S/C21H22N2O3S/c1-16-9-11-17(12-10-16)22-21-23-18(15-27-21)14-26-20(24)8-5-13-25-19-6-3-2-4-7-19/h2-4,6-7,9-12,15H,5,8,13-14H2,1H3,(H,22,23).